The molecule has 0 bridgehead atoms. The van der Waals surface area contributed by atoms with Crippen LogP contribution in [0, 0.1) is 11.3 Å². The Hall–Kier alpha value is -4.04. The summed E-state index contributed by atoms with van der Waals surface area (Å²) < 4.78 is 2.83. The molecule has 0 aromatic carbocycles. The van der Waals surface area contributed by atoms with Crippen LogP contribution in [0.4, 0.5) is 0 Å². The van der Waals surface area contributed by atoms with E-state index in [-0.39, 0.29) is 18.8 Å². The predicted octanol–water partition coefficient (Wildman–Crippen LogP) is -0.0245. The Bertz CT molecular complexity index is 1330. The fourth-order valence-electron chi connectivity index (χ4n) is 3.07. The van der Waals surface area contributed by atoms with Crippen molar-refractivity contribution in [3.8, 4) is 17.5 Å². The molecule has 0 saturated carbocycles. The van der Waals surface area contributed by atoms with Gasteiger partial charge in [0.25, 0.3) is 0 Å². The van der Waals surface area contributed by atoms with E-state index in [0.29, 0.717) is 28.0 Å². The van der Waals surface area contributed by atoms with Crippen LogP contribution >= 0.6 is 0 Å². The topological polar surface area (TPSA) is 154 Å². The van der Waals surface area contributed by atoms with Crippen LogP contribution < -0.4 is 11.0 Å². The van der Waals surface area contributed by atoms with E-state index in [4.69, 9.17) is 10.4 Å². The largest absolute Gasteiger partial charge is 0.395 e. The summed E-state index contributed by atoms with van der Waals surface area (Å²) in [6, 6.07) is 4.55. The number of carbonyl (C=O) groups excluding carboxylic acids is 1. The van der Waals surface area contributed by atoms with E-state index >= 15 is 0 Å². The van der Waals surface area contributed by atoms with Gasteiger partial charge in [0, 0.05) is 12.7 Å². The highest BCUT2D eigenvalue weighted by molar-refractivity contribution is 5.83. The number of nitrogens with one attached hydrogen (secondary N) is 2. The molecular formula is C18H16N8O3. The van der Waals surface area contributed by atoms with E-state index in [1.54, 1.807) is 36.0 Å². The number of aromatic amines is 1. The maximum atomic E-state index is 12.4. The third-order valence-corrected chi connectivity index (χ3v) is 4.53. The van der Waals surface area contributed by atoms with Crippen molar-refractivity contribution in [2.45, 2.75) is 13.0 Å². The van der Waals surface area contributed by atoms with E-state index in [1.807, 2.05) is 0 Å². The Morgan fingerprint density at radius 3 is 3.03 bits per heavy atom. The van der Waals surface area contributed by atoms with E-state index < -0.39 is 17.6 Å². The smallest absolute Gasteiger partial charge is 0.328 e. The monoisotopic (exact) mass is 392 g/mol. The summed E-state index contributed by atoms with van der Waals surface area (Å²) in [6.07, 6.45) is 4.70. The molecule has 3 N–H and O–H groups in total. The number of imidazole rings is 1. The van der Waals surface area contributed by atoms with Gasteiger partial charge in [-0.15, -0.1) is 0 Å². The van der Waals surface area contributed by atoms with E-state index in [2.05, 4.69) is 31.4 Å². The van der Waals surface area contributed by atoms with Crippen LogP contribution in [0.5, 0.6) is 0 Å². The Kier molecular flexibility index (Phi) is 4.53. The molecule has 4 rings (SSSR count). The molecule has 0 spiro atoms. The Labute approximate surface area is 163 Å². The van der Waals surface area contributed by atoms with Crippen LogP contribution in [0.3, 0.4) is 0 Å². The molecule has 0 aliphatic heterocycles. The van der Waals surface area contributed by atoms with Crippen molar-refractivity contribution in [2.24, 2.45) is 0 Å². The summed E-state index contributed by atoms with van der Waals surface area (Å²) in [5.74, 6) is -0.116. The Morgan fingerprint density at radius 1 is 1.45 bits per heavy atom. The number of amides is 1. The van der Waals surface area contributed by atoms with Crippen LogP contribution in [0.2, 0.25) is 0 Å². The first-order valence-corrected chi connectivity index (χ1v) is 8.77. The molecule has 146 valence electrons. The molecule has 0 fully saturated rings. The second kappa shape index (κ2) is 7.17. The fraction of sp³-hybridized carbons (Fsp3) is 0.222. The molecule has 4 heterocycles. The number of hydrogen-bond acceptors (Lipinski definition) is 7. The number of hydrogen-bond donors (Lipinski definition) is 3. The first-order chi connectivity index (χ1) is 14.0. The lowest BCUT2D eigenvalue weighted by molar-refractivity contribution is -0.124. The van der Waals surface area contributed by atoms with Crippen LogP contribution in [-0.2, 0) is 4.79 Å². The maximum Gasteiger partial charge on any atom is 0.328 e. The van der Waals surface area contributed by atoms with Gasteiger partial charge < -0.3 is 15.4 Å². The zero-order valence-corrected chi connectivity index (χ0v) is 15.3. The van der Waals surface area contributed by atoms with Crippen molar-refractivity contribution in [1.82, 2.24) is 34.4 Å². The van der Waals surface area contributed by atoms with Crippen LogP contribution in [0.1, 0.15) is 18.5 Å². The highest BCUT2D eigenvalue weighted by Gasteiger charge is 2.22. The Balaban J connectivity index is 1.84. The summed E-state index contributed by atoms with van der Waals surface area (Å²) in [6.45, 7) is 1.45. The van der Waals surface area contributed by atoms with Gasteiger partial charge >= 0.3 is 5.69 Å². The standard InChI is InChI=1S/C18H16N8O3/c1-10(17(28)20-3-5-27)26-16-13(23-18(26)29)9-21-15(24-16)12-8-22-25-4-2-11(7-19)6-14(12)25/h2,4,6,8-10,27H,3,5H2,1H3,(H,20,28)(H,23,29)/t10-/m1/s1. The summed E-state index contributed by atoms with van der Waals surface area (Å²) >= 11 is 0. The third kappa shape index (κ3) is 3.11. The third-order valence-electron chi connectivity index (χ3n) is 4.53. The lowest BCUT2D eigenvalue weighted by atomic mass is 10.2. The van der Waals surface area contributed by atoms with Crippen molar-refractivity contribution in [1.29, 1.82) is 5.26 Å². The van der Waals surface area contributed by atoms with Gasteiger partial charge in [-0.3, -0.25) is 9.36 Å². The second-order valence-electron chi connectivity index (χ2n) is 6.34. The number of aromatic nitrogens is 6. The molecule has 0 unspecified atom stereocenters. The van der Waals surface area contributed by atoms with Gasteiger partial charge in [-0.2, -0.15) is 10.4 Å². The number of aliphatic hydroxyl groups is 1. The van der Waals surface area contributed by atoms with E-state index in [0.717, 1.165) is 0 Å². The Morgan fingerprint density at radius 2 is 2.28 bits per heavy atom. The van der Waals surface area contributed by atoms with Crippen LogP contribution in [0.15, 0.2) is 35.5 Å². The molecule has 4 aromatic rings. The maximum absolute atomic E-state index is 12.4. The first kappa shape index (κ1) is 18.3. The van der Waals surface area contributed by atoms with Gasteiger partial charge in [-0.1, -0.05) is 0 Å². The number of nitrogens with zero attached hydrogens (tertiary/aromatic N) is 6. The quantitative estimate of drug-likeness (QED) is 0.431. The molecule has 0 saturated heterocycles. The van der Waals surface area contributed by atoms with Crippen LogP contribution in [0.25, 0.3) is 28.1 Å². The van der Waals surface area contributed by atoms with Gasteiger partial charge in [0.1, 0.15) is 11.6 Å². The molecule has 0 aliphatic carbocycles. The summed E-state index contributed by atoms with van der Waals surface area (Å²) in [7, 11) is 0. The SMILES string of the molecule is C[C@H](C(=O)NCCO)n1c(=O)[nH]c2cnc(-c3cnn4ccc(C#N)cc34)nc21. The van der Waals surface area contributed by atoms with Crippen LogP contribution in [-0.4, -0.2) is 53.3 Å². The van der Waals surface area contributed by atoms with Gasteiger partial charge in [0.15, 0.2) is 11.5 Å². The molecule has 11 heteroatoms. The zero-order valence-electron chi connectivity index (χ0n) is 15.3. The average molecular weight is 392 g/mol. The normalized spacial score (nSPS) is 12.2. The molecule has 4 aromatic heterocycles. The molecular weight excluding hydrogens is 376 g/mol. The van der Waals surface area contributed by atoms with Gasteiger partial charge in [-0.05, 0) is 19.1 Å². The zero-order chi connectivity index (χ0) is 20.5. The average Bonchev–Trinajstić information content (AvgIpc) is 3.30. The van der Waals surface area contributed by atoms with Crippen molar-refractivity contribution >= 4 is 22.6 Å². The summed E-state index contributed by atoms with van der Waals surface area (Å²) in [4.78, 5) is 36.1. The predicted molar refractivity (Wildman–Crippen MR) is 102 cm³/mol. The number of carbonyl (C=O) groups is 1. The molecule has 1 amide bonds. The van der Waals surface area contributed by atoms with Crippen molar-refractivity contribution in [3.63, 3.8) is 0 Å². The highest BCUT2D eigenvalue weighted by Crippen LogP contribution is 2.23. The minimum atomic E-state index is -0.848. The van der Waals surface area contributed by atoms with Crippen molar-refractivity contribution in [3.05, 3.63) is 46.8 Å². The minimum absolute atomic E-state index is 0.0874. The molecule has 29 heavy (non-hydrogen) atoms. The van der Waals surface area contributed by atoms with Gasteiger partial charge in [0.2, 0.25) is 5.91 Å². The lowest BCUT2D eigenvalue weighted by Crippen LogP contribution is -2.36. The summed E-state index contributed by atoms with van der Waals surface area (Å²) in [5, 5.41) is 24.8. The fourth-order valence-corrected chi connectivity index (χ4v) is 3.07. The second-order valence-corrected chi connectivity index (χ2v) is 6.34. The number of pyridine rings is 1. The molecule has 0 aliphatic rings. The number of rotatable bonds is 5. The number of nitriles is 1. The number of fused-ring (bicyclic) bond motifs is 2. The molecule has 11 nitrogen and oxygen atoms in total. The van der Waals surface area contributed by atoms with E-state index in [9.17, 15) is 9.59 Å². The first-order valence-electron chi connectivity index (χ1n) is 8.77. The molecule has 1 atom stereocenters. The van der Waals surface area contributed by atoms with Gasteiger partial charge in [0.05, 0.1) is 41.7 Å². The number of H-pyrrole nitrogens is 1. The molecule has 0 radical (unpaired) electrons. The lowest BCUT2D eigenvalue weighted by Gasteiger charge is -2.13. The summed E-state index contributed by atoms with van der Waals surface area (Å²) in [5.41, 5.74) is 1.85. The minimum Gasteiger partial charge on any atom is -0.395 e. The van der Waals surface area contributed by atoms with Crippen molar-refractivity contribution < 1.29 is 9.90 Å². The van der Waals surface area contributed by atoms with Crippen molar-refractivity contribution in [2.75, 3.05) is 13.2 Å². The van der Waals surface area contributed by atoms with Gasteiger partial charge in [-0.25, -0.2) is 19.3 Å². The highest BCUT2D eigenvalue weighted by atomic mass is 16.3. The number of aliphatic hydroxyl groups excluding tert-OH is 1. The van der Waals surface area contributed by atoms with E-state index in [1.165, 1.54) is 10.8 Å².